The molecule has 2 heterocycles. The Labute approximate surface area is 115 Å². The molecule has 0 aromatic carbocycles. The van der Waals surface area contributed by atoms with Crippen molar-refractivity contribution < 1.29 is 0 Å². The lowest BCUT2D eigenvalue weighted by molar-refractivity contribution is 0.199. The quantitative estimate of drug-likeness (QED) is 0.859. The second-order valence-electron chi connectivity index (χ2n) is 5.48. The number of likely N-dealkylation sites (tertiary alicyclic amines) is 1. The maximum Gasteiger partial charge on any atom is 0.107 e. The van der Waals surface area contributed by atoms with Crippen molar-refractivity contribution in [2.75, 3.05) is 26.2 Å². The molecule has 0 spiro atoms. The molecule has 0 saturated carbocycles. The molecule has 1 atom stereocenters. The number of nitrogens with one attached hydrogen (secondary N) is 1. The van der Waals surface area contributed by atoms with Crippen molar-refractivity contribution in [1.82, 2.24) is 15.2 Å². The number of rotatable bonds is 6. The first kappa shape index (κ1) is 14.0. The van der Waals surface area contributed by atoms with Gasteiger partial charge in [0.05, 0.1) is 0 Å². The first-order valence-electron chi connectivity index (χ1n) is 7.08. The molecule has 1 unspecified atom stereocenters. The Morgan fingerprint density at radius 3 is 2.83 bits per heavy atom. The monoisotopic (exact) mass is 267 g/mol. The number of nitrogens with zero attached hydrogens (tertiary/aromatic N) is 2. The van der Waals surface area contributed by atoms with Crippen LogP contribution in [0.3, 0.4) is 0 Å². The number of hydrogen-bond donors (Lipinski definition) is 1. The van der Waals surface area contributed by atoms with Crippen molar-refractivity contribution in [2.24, 2.45) is 5.92 Å². The van der Waals surface area contributed by atoms with Gasteiger partial charge in [-0.3, -0.25) is 0 Å². The standard InChI is InChI=1S/C14H25N3S/c1-12(10-17-6-4-3-5-7-17)8-15-9-14-16-13(2)11-18-14/h11-12,15H,3-10H2,1-2H3. The summed E-state index contributed by atoms with van der Waals surface area (Å²) in [6.45, 7) is 10.3. The molecular weight excluding hydrogens is 242 g/mol. The normalized spacial score (nSPS) is 19.0. The minimum Gasteiger partial charge on any atom is -0.310 e. The number of piperidine rings is 1. The molecule has 1 N–H and O–H groups in total. The van der Waals surface area contributed by atoms with Gasteiger partial charge in [-0.05, 0) is 45.3 Å². The van der Waals surface area contributed by atoms with Crippen LogP contribution in [0.5, 0.6) is 0 Å². The molecule has 0 radical (unpaired) electrons. The van der Waals surface area contributed by atoms with Gasteiger partial charge in [0.1, 0.15) is 5.01 Å². The fourth-order valence-electron chi connectivity index (χ4n) is 2.56. The summed E-state index contributed by atoms with van der Waals surface area (Å²) >= 11 is 1.75. The van der Waals surface area contributed by atoms with Crippen LogP contribution in [0, 0.1) is 12.8 Å². The molecule has 0 aliphatic carbocycles. The molecule has 0 amide bonds. The third-order valence-electron chi connectivity index (χ3n) is 3.45. The summed E-state index contributed by atoms with van der Waals surface area (Å²) in [5.41, 5.74) is 1.14. The molecule has 1 aliphatic rings. The largest absolute Gasteiger partial charge is 0.310 e. The highest BCUT2D eigenvalue weighted by Crippen LogP contribution is 2.11. The van der Waals surface area contributed by atoms with Gasteiger partial charge in [-0.15, -0.1) is 11.3 Å². The number of thiazole rings is 1. The Morgan fingerprint density at radius 2 is 2.17 bits per heavy atom. The van der Waals surface area contributed by atoms with Gasteiger partial charge in [-0.2, -0.15) is 0 Å². The Morgan fingerprint density at radius 1 is 1.39 bits per heavy atom. The first-order chi connectivity index (χ1) is 8.74. The smallest absolute Gasteiger partial charge is 0.107 e. The Balaban J connectivity index is 1.60. The summed E-state index contributed by atoms with van der Waals surface area (Å²) in [5.74, 6) is 0.726. The second-order valence-corrected chi connectivity index (χ2v) is 6.42. The predicted molar refractivity (Wildman–Crippen MR) is 78.0 cm³/mol. The zero-order valence-corrected chi connectivity index (χ0v) is 12.4. The van der Waals surface area contributed by atoms with Gasteiger partial charge in [0.15, 0.2) is 0 Å². The van der Waals surface area contributed by atoms with E-state index in [0.717, 1.165) is 24.7 Å². The highest BCUT2D eigenvalue weighted by Gasteiger charge is 2.13. The SMILES string of the molecule is Cc1csc(CNCC(C)CN2CCCCC2)n1. The lowest BCUT2D eigenvalue weighted by Gasteiger charge is -2.29. The van der Waals surface area contributed by atoms with Crippen LogP contribution in [-0.4, -0.2) is 36.1 Å². The summed E-state index contributed by atoms with van der Waals surface area (Å²) in [6.07, 6.45) is 4.20. The van der Waals surface area contributed by atoms with E-state index < -0.39 is 0 Å². The van der Waals surface area contributed by atoms with Crippen molar-refractivity contribution >= 4 is 11.3 Å². The van der Waals surface area contributed by atoms with E-state index in [9.17, 15) is 0 Å². The maximum absolute atomic E-state index is 4.47. The fraction of sp³-hybridized carbons (Fsp3) is 0.786. The molecule has 3 nitrogen and oxygen atoms in total. The summed E-state index contributed by atoms with van der Waals surface area (Å²) in [7, 11) is 0. The number of hydrogen-bond acceptors (Lipinski definition) is 4. The van der Waals surface area contributed by atoms with Crippen LogP contribution in [0.25, 0.3) is 0 Å². The van der Waals surface area contributed by atoms with E-state index >= 15 is 0 Å². The third kappa shape index (κ3) is 4.67. The molecule has 0 bridgehead atoms. The molecule has 1 fully saturated rings. The second kappa shape index (κ2) is 7.22. The number of aromatic nitrogens is 1. The van der Waals surface area contributed by atoms with Crippen molar-refractivity contribution in [3.8, 4) is 0 Å². The van der Waals surface area contributed by atoms with Crippen molar-refractivity contribution in [1.29, 1.82) is 0 Å². The summed E-state index contributed by atoms with van der Waals surface area (Å²) in [4.78, 5) is 7.08. The average Bonchev–Trinajstić information content (AvgIpc) is 2.76. The highest BCUT2D eigenvalue weighted by atomic mass is 32.1. The molecule has 1 saturated heterocycles. The lowest BCUT2D eigenvalue weighted by atomic mass is 10.1. The minimum atomic E-state index is 0.726. The first-order valence-corrected chi connectivity index (χ1v) is 7.96. The topological polar surface area (TPSA) is 28.2 Å². The zero-order chi connectivity index (χ0) is 12.8. The highest BCUT2D eigenvalue weighted by molar-refractivity contribution is 7.09. The maximum atomic E-state index is 4.47. The lowest BCUT2D eigenvalue weighted by Crippen LogP contribution is -2.36. The zero-order valence-electron chi connectivity index (χ0n) is 11.6. The van der Waals surface area contributed by atoms with Crippen LogP contribution in [0.15, 0.2) is 5.38 Å². The summed E-state index contributed by atoms with van der Waals surface area (Å²) in [5, 5.41) is 6.85. The van der Waals surface area contributed by atoms with E-state index in [2.05, 4.69) is 34.4 Å². The van der Waals surface area contributed by atoms with Gasteiger partial charge in [0, 0.05) is 24.2 Å². The molecule has 102 valence electrons. The van der Waals surface area contributed by atoms with Crippen molar-refractivity contribution in [3.63, 3.8) is 0 Å². The van der Waals surface area contributed by atoms with Crippen LogP contribution in [0.2, 0.25) is 0 Å². The van der Waals surface area contributed by atoms with Crippen molar-refractivity contribution in [3.05, 3.63) is 16.1 Å². The summed E-state index contributed by atoms with van der Waals surface area (Å²) < 4.78 is 0. The van der Waals surface area contributed by atoms with Crippen molar-refractivity contribution in [2.45, 2.75) is 39.7 Å². The molecule has 1 aromatic rings. The van der Waals surface area contributed by atoms with E-state index in [4.69, 9.17) is 0 Å². The molecule has 2 rings (SSSR count). The third-order valence-corrected chi connectivity index (χ3v) is 4.42. The minimum absolute atomic E-state index is 0.726. The van der Waals surface area contributed by atoms with Gasteiger partial charge in [0.25, 0.3) is 0 Å². The molecular formula is C14H25N3S. The van der Waals surface area contributed by atoms with Crippen LogP contribution in [0.1, 0.15) is 36.9 Å². The predicted octanol–water partition coefficient (Wildman–Crippen LogP) is 2.66. The van der Waals surface area contributed by atoms with Crippen LogP contribution in [-0.2, 0) is 6.54 Å². The van der Waals surface area contributed by atoms with Gasteiger partial charge >= 0.3 is 0 Å². The number of aryl methyl sites for hydroxylation is 1. The molecule has 1 aliphatic heterocycles. The van der Waals surface area contributed by atoms with E-state index in [1.165, 1.54) is 43.9 Å². The van der Waals surface area contributed by atoms with Crippen LogP contribution in [0.4, 0.5) is 0 Å². The Bertz CT molecular complexity index is 345. The van der Waals surface area contributed by atoms with Crippen LogP contribution >= 0.6 is 11.3 Å². The molecule has 18 heavy (non-hydrogen) atoms. The van der Waals surface area contributed by atoms with E-state index in [1.807, 2.05) is 0 Å². The average molecular weight is 267 g/mol. The van der Waals surface area contributed by atoms with E-state index in [1.54, 1.807) is 11.3 Å². The molecule has 4 heteroatoms. The molecule has 1 aromatic heterocycles. The van der Waals surface area contributed by atoms with Gasteiger partial charge < -0.3 is 10.2 Å². The van der Waals surface area contributed by atoms with Gasteiger partial charge in [-0.1, -0.05) is 13.3 Å². The Kier molecular flexibility index (Phi) is 5.60. The van der Waals surface area contributed by atoms with Gasteiger partial charge in [0.2, 0.25) is 0 Å². The fourth-order valence-corrected chi connectivity index (χ4v) is 3.30. The van der Waals surface area contributed by atoms with Gasteiger partial charge in [-0.25, -0.2) is 4.98 Å². The Hall–Kier alpha value is -0.450. The van der Waals surface area contributed by atoms with E-state index in [-0.39, 0.29) is 0 Å². The van der Waals surface area contributed by atoms with Crippen LogP contribution < -0.4 is 5.32 Å². The van der Waals surface area contributed by atoms with E-state index in [0.29, 0.717) is 0 Å². The summed E-state index contributed by atoms with van der Waals surface area (Å²) in [6, 6.07) is 0.